The van der Waals surface area contributed by atoms with Gasteiger partial charge in [0.25, 0.3) is 0 Å². The van der Waals surface area contributed by atoms with Crippen LogP contribution in [0.1, 0.15) is 56.9 Å². The Bertz CT molecular complexity index is 1750. The molecule has 8 nitrogen and oxygen atoms in total. The number of aromatic hydroxyl groups is 1. The second-order valence-corrected chi connectivity index (χ2v) is 12.2. The lowest BCUT2D eigenvalue weighted by molar-refractivity contribution is -0.131. The first-order valence-electron chi connectivity index (χ1n) is 15.0. The molecule has 226 valence electrons. The highest BCUT2D eigenvalue weighted by molar-refractivity contribution is 5.97. The maximum atomic E-state index is 12.5. The van der Waals surface area contributed by atoms with Gasteiger partial charge in [0.15, 0.2) is 0 Å². The minimum atomic E-state index is -0.857. The largest absolute Gasteiger partial charge is 0.508 e. The van der Waals surface area contributed by atoms with Gasteiger partial charge in [0, 0.05) is 23.7 Å². The third kappa shape index (κ3) is 7.57. The Morgan fingerprint density at radius 1 is 0.909 bits per heavy atom. The number of unbranched alkanes of at least 4 members (excludes halogenated alkanes) is 1. The molecule has 3 aromatic carbocycles. The first kappa shape index (κ1) is 30.6. The molecule has 5 aromatic rings. The summed E-state index contributed by atoms with van der Waals surface area (Å²) in [5.74, 6) is -0.708. The van der Waals surface area contributed by atoms with E-state index in [2.05, 4.69) is 73.5 Å². The van der Waals surface area contributed by atoms with Gasteiger partial charge in [0.05, 0.1) is 17.4 Å². The van der Waals surface area contributed by atoms with Gasteiger partial charge in [-0.15, -0.1) is 0 Å². The van der Waals surface area contributed by atoms with Crippen molar-refractivity contribution in [1.29, 1.82) is 0 Å². The number of aromatic nitrogens is 3. The number of pyridine rings is 1. The number of carbonyl (C=O) groups is 2. The van der Waals surface area contributed by atoms with E-state index < -0.39 is 11.9 Å². The standard InChI is InChI=1S/C36H39N5O3/c1-36(2,3)27-14-16-28(17-15-27)41-29(22-33(40-41)32-21-25-8-4-5-9-26(25)23-38-32)10-6-7-11-34(43)39-35(44)31(37)20-24-12-18-30(42)19-13-24/h4-5,8-9,12-19,21-23,31,42H,6-7,10-11,20,37H2,1-3H3,(H,39,43,44). The average molecular weight is 590 g/mol. The molecule has 1 unspecified atom stereocenters. The molecular formula is C36H39N5O3. The molecule has 44 heavy (non-hydrogen) atoms. The van der Waals surface area contributed by atoms with Crippen molar-refractivity contribution in [2.45, 2.75) is 64.3 Å². The minimum Gasteiger partial charge on any atom is -0.508 e. The lowest BCUT2D eigenvalue weighted by Gasteiger charge is -2.19. The zero-order valence-corrected chi connectivity index (χ0v) is 25.5. The number of phenols is 1. The fourth-order valence-corrected chi connectivity index (χ4v) is 5.14. The molecule has 0 saturated heterocycles. The van der Waals surface area contributed by atoms with Gasteiger partial charge in [-0.05, 0) is 84.0 Å². The lowest BCUT2D eigenvalue weighted by Crippen LogP contribution is -2.44. The van der Waals surface area contributed by atoms with Crippen LogP contribution in [-0.2, 0) is 27.8 Å². The van der Waals surface area contributed by atoms with Gasteiger partial charge in [-0.3, -0.25) is 19.9 Å². The lowest BCUT2D eigenvalue weighted by atomic mass is 9.87. The first-order valence-corrected chi connectivity index (χ1v) is 15.0. The quantitative estimate of drug-likeness (QED) is 0.171. The summed E-state index contributed by atoms with van der Waals surface area (Å²) in [6, 6.07) is 26.4. The Kier molecular flexibility index (Phi) is 9.20. The van der Waals surface area contributed by atoms with Crippen LogP contribution < -0.4 is 11.1 Å². The Balaban J connectivity index is 1.25. The monoisotopic (exact) mass is 589 g/mol. The number of hydrogen-bond donors (Lipinski definition) is 3. The van der Waals surface area contributed by atoms with Crippen LogP contribution in [0.15, 0.2) is 91.1 Å². The second-order valence-electron chi connectivity index (χ2n) is 12.2. The smallest absolute Gasteiger partial charge is 0.243 e. The summed E-state index contributed by atoms with van der Waals surface area (Å²) in [5, 5.41) is 19.0. The van der Waals surface area contributed by atoms with E-state index in [0.717, 1.165) is 45.5 Å². The van der Waals surface area contributed by atoms with E-state index in [1.807, 2.05) is 29.1 Å². The molecule has 2 aromatic heterocycles. The number of nitrogens with zero attached hydrogens (tertiary/aromatic N) is 3. The first-order chi connectivity index (χ1) is 21.1. The highest BCUT2D eigenvalue weighted by Gasteiger charge is 2.18. The molecule has 0 aliphatic carbocycles. The number of aryl methyl sites for hydroxylation is 1. The highest BCUT2D eigenvalue weighted by atomic mass is 16.3. The third-order valence-corrected chi connectivity index (χ3v) is 7.73. The molecule has 8 heteroatoms. The van der Waals surface area contributed by atoms with E-state index in [0.29, 0.717) is 12.8 Å². The van der Waals surface area contributed by atoms with Crippen molar-refractivity contribution in [1.82, 2.24) is 20.1 Å². The number of carbonyl (C=O) groups excluding carboxylic acids is 2. The zero-order chi connectivity index (χ0) is 31.3. The van der Waals surface area contributed by atoms with Gasteiger partial charge in [0.2, 0.25) is 11.8 Å². The number of nitrogens with two attached hydrogens (primary N) is 1. The molecule has 2 amide bonds. The van der Waals surface area contributed by atoms with Crippen molar-refractivity contribution in [2.24, 2.45) is 5.73 Å². The van der Waals surface area contributed by atoms with Crippen molar-refractivity contribution in [2.75, 3.05) is 0 Å². The predicted molar refractivity (Wildman–Crippen MR) is 173 cm³/mol. The molecule has 2 heterocycles. The maximum Gasteiger partial charge on any atom is 0.243 e. The molecule has 0 radical (unpaired) electrons. The number of rotatable bonds is 10. The van der Waals surface area contributed by atoms with Gasteiger partial charge in [-0.2, -0.15) is 5.10 Å². The molecule has 5 rings (SSSR count). The van der Waals surface area contributed by atoms with Crippen LogP contribution in [0.25, 0.3) is 27.8 Å². The summed E-state index contributed by atoms with van der Waals surface area (Å²) >= 11 is 0. The predicted octanol–water partition coefficient (Wildman–Crippen LogP) is 6.02. The molecule has 4 N–H and O–H groups in total. The van der Waals surface area contributed by atoms with Gasteiger partial charge < -0.3 is 10.8 Å². The van der Waals surface area contributed by atoms with Gasteiger partial charge in [-0.1, -0.05) is 69.3 Å². The normalized spacial score (nSPS) is 12.3. The van der Waals surface area contributed by atoms with E-state index in [-0.39, 0.29) is 29.9 Å². The Hall–Kier alpha value is -4.82. The van der Waals surface area contributed by atoms with Crippen LogP contribution in [-0.4, -0.2) is 37.7 Å². The molecule has 0 fully saturated rings. The number of nitrogens with one attached hydrogen (secondary N) is 1. The third-order valence-electron chi connectivity index (χ3n) is 7.73. The van der Waals surface area contributed by atoms with Crippen LogP contribution in [0.2, 0.25) is 0 Å². The molecule has 1 atom stereocenters. The van der Waals surface area contributed by atoms with Gasteiger partial charge >= 0.3 is 0 Å². The van der Waals surface area contributed by atoms with Crippen molar-refractivity contribution in [3.63, 3.8) is 0 Å². The Labute approximate surface area is 257 Å². The Morgan fingerprint density at radius 3 is 2.32 bits per heavy atom. The molecule has 0 spiro atoms. The number of phenolic OH excluding ortho intramolecular Hbond substituents is 1. The summed E-state index contributed by atoms with van der Waals surface area (Å²) < 4.78 is 1.96. The fourth-order valence-electron chi connectivity index (χ4n) is 5.14. The maximum absolute atomic E-state index is 12.5. The molecular weight excluding hydrogens is 550 g/mol. The summed E-state index contributed by atoms with van der Waals surface area (Å²) in [4.78, 5) is 29.7. The molecule has 0 aliphatic heterocycles. The van der Waals surface area contributed by atoms with Crippen LogP contribution >= 0.6 is 0 Å². The summed E-state index contributed by atoms with van der Waals surface area (Å²) in [6.45, 7) is 6.58. The van der Waals surface area contributed by atoms with Crippen LogP contribution in [0.3, 0.4) is 0 Å². The van der Waals surface area contributed by atoms with Crippen molar-refractivity contribution in [3.8, 4) is 22.8 Å². The Morgan fingerprint density at radius 2 is 1.61 bits per heavy atom. The number of imide groups is 1. The van der Waals surface area contributed by atoms with Crippen molar-refractivity contribution >= 4 is 22.6 Å². The number of hydrogen-bond acceptors (Lipinski definition) is 6. The average Bonchev–Trinajstić information content (AvgIpc) is 3.44. The number of fused-ring (bicyclic) bond motifs is 1. The van der Waals surface area contributed by atoms with Crippen molar-refractivity contribution in [3.05, 3.63) is 108 Å². The summed E-state index contributed by atoms with van der Waals surface area (Å²) in [6.07, 6.45) is 4.39. The molecule has 0 bridgehead atoms. The van der Waals surface area contributed by atoms with Crippen LogP contribution in [0, 0.1) is 0 Å². The summed E-state index contributed by atoms with van der Waals surface area (Å²) in [5.41, 5.74) is 11.7. The SMILES string of the molecule is CC(C)(C)c1ccc(-n2nc(-c3cc4ccccc4cn3)cc2CCCCC(=O)NC(=O)C(N)Cc2ccc(O)cc2)cc1. The van der Waals surface area contributed by atoms with E-state index >= 15 is 0 Å². The van der Waals surface area contributed by atoms with Crippen LogP contribution in [0.5, 0.6) is 5.75 Å². The zero-order valence-electron chi connectivity index (χ0n) is 25.5. The van der Waals surface area contributed by atoms with E-state index in [4.69, 9.17) is 10.8 Å². The fraction of sp³-hybridized carbons (Fsp3) is 0.278. The van der Waals surface area contributed by atoms with E-state index in [1.54, 1.807) is 24.3 Å². The van der Waals surface area contributed by atoms with Crippen molar-refractivity contribution < 1.29 is 14.7 Å². The summed E-state index contributed by atoms with van der Waals surface area (Å²) in [7, 11) is 0. The van der Waals surface area contributed by atoms with Gasteiger partial charge in [0.1, 0.15) is 11.4 Å². The topological polar surface area (TPSA) is 123 Å². The van der Waals surface area contributed by atoms with E-state index in [1.165, 1.54) is 5.56 Å². The molecule has 0 saturated carbocycles. The van der Waals surface area contributed by atoms with E-state index in [9.17, 15) is 14.7 Å². The highest BCUT2D eigenvalue weighted by Crippen LogP contribution is 2.27. The second kappa shape index (κ2) is 13.2. The van der Waals surface area contributed by atoms with Crippen LogP contribution in [0.4, 0.5) is 0 Å². The number of benzene rings is 3. The number of amides is 2. The molecule has 0 aliphatic rings. The minimum absolute atomic E-state index is 0.0447. The van der Waals surface area contributed by atoms with Gasteiger partial charge in [-0.25, -0.2) is 4.68 Å².